The first-order valence-electron chi connectivity index (χ1n) is 8.47. The van der Waals surface area contributed by atoms with Crippen LogP contribution in [0.25, 0.3) is 0 Å². The van der Waals surface area contributed by atoms with Gasteiger partial charge < -0.3 is 0 Å². The molecule has 0 fully saturated rings. The normalized spacial score (nSPS) is 11.5. The molecule has 0 saturated carbocycles. The predicted molar refractivity (Wildman–Crippen MR) is 114 cm³/mol. The number of benzene rings is 1. The lowest BCUT2D eigenvalue weighted by molar-refractivity contribution is -0.385. The van der Waals surface area contributed by atoms with Crippen molar-refractivity contribution in [3.8, 4) is 0 Å². The first-order chi connectivity index (χ1) is 13.5. The van der Waals surface area contributed by atoms with E-state index in [2.05, 4.69) is 29.4 Å². The molecule has 0 unspecified atom stereocenters. The van der Waals surface area contributed by atoms with Crippen LogP contribution in [0.5, 0.6) is 0 Å². The summed E-state index contributed by atoms with van der Waals surface area (Å²) < 4.78 is 26.0. The quantitative estimate of drug-likeness (QED) is 0.262. The Balaban J connectivity index is 2.19. The fourth-order valence-corrected chi connectivity index (χ4v) is 4.96. The Kier molecular flexibility index (Phi) is 7.54. The van der Waals surface area contributed by atoms with E-state index in [0.717, 1.165) is 16.3 Å². The summed E-state index contributed by atoms with van der Waals surface area (Å²) in [6, 6.07) is 4.07. The van der Waals surface area contributed by atoms with Crippen LogP contribution in [0.15, 0.2) is 22.5 Å². The van der Waals surface area contributed by atoms with Gasteiger partial charge in [0.1, 0.15) is 6.54 Å². The Morgan fingerprint density at radius 2 is 2.07 bits per heavy atom. The van der Waals surface area contributed by atoms with Crippen molar-refractivity contribution in [3.05, 3.63) is 33.9 Å². The molecule has 0 aliphatic carbocycles. The summed E-state index contributed by atoms with van der Waals surface area (Å²) in [4.78, 5) is 23.0. The van der Waals surface area contributed by atoms with Crippen LogP contribution in [0, 0.1) is 23.0 Å². The Morgan fingerprint density at radius 3 is 2.66 bits per heavy atom. The van der Waals surface area contributed by atoms with Gasteiger partial charge in [-0.1, -0.05) is 43.0 Å². The van der Waals surface area contributed by atoms with Crippen molar-refractivity contribution in [1.29, 1.82) is 0 Å². The molecule has 0 saturated heterocycles. The van der Waals surface area contributed by atoms with Gasteiger partial charge in [-0.15, -0.1) is 10.2 Å². The number of carbonyl (C=O) groups excluding carboxylic acids is 1. The number of sulfonamides is 1. The summed E-state index contributed by atoms with van der Waals surface area (Å²) in [5.74, 6) is 0.706. The molecule has 2 rings (SSSR count). The lowest BCUT2D eigenvalue weighted by Gasteiger charge is -2.23. The zero-order valence-electron chi connectivity index (χ0n) is 16.3. The highest BCUT2D eigenvalue weighted by Crippen LogP contribution is 2.30. The summed E-state index contributed by atoms with van der Waals surface area (Å²) in [5, 5.41) is 21.8. The summed E-state index contributed by atoms with van der Waals surface area (Å²) in [6.07, 6.45) is 0.935. The molecule has 0 aliphatic rings. The van der Waals surface area contributed by atoms with Crippen LogP contribution >= 0.6 is 23.1 Å². The molecule has 1 aromatic heterocycles. The molecule has 0 aliphatic heterocycles. The van der Waals surface area contributed by atoms with Gasteiger partial charge in [-0.05, 0) is 18.9 Å². The minimum absolute atomic E-state index is 0.0716. The molecule has 13 heteroatoms. The second-order valence-corrected chi connectivity index (χ2v) is 10.7. The van der Waals surface area contributed by atoms with E-state index in [0.29, 0.717) is 10.3 Å². The fraction of sp³-hybridized carbons (Fsp3) is 0.438. The van der Waals surface area contributed by atoms with E-state index in [1.165, 1.54) is 48.2 Å². The highest BCUT2D eigenvalue weighted by Gasteiger charge is 2.26. The molecule has 0 bridgehead atoms. The number of rotatable bonds is 9. The summed E-state index contributed by atoms with van der Waals surface area (Å²) in [7, 11) is -3.87. The molecule has 0 atom stereocenters. The van der Waals surface area contributed by atoms with E-state index in [9.17, 15) is 23.3 Å². The second kappa shape index (κ2) is 9.50. The maximum Gasteiger partial charge on any atom is 0.274 e. The first-order valence-corrected chi connectivity index (χ1v) is 12.1. The van der Waals surface area contributed by atoms with E-state index in [-0.39, 0.29) is 22.1 Å². The molecule has 29 heavy (non-hydrogen) atoms. The highest BCUT2D eigenvalue weighted by molar-refractivity contribution is 8.01. The molecule has 0 radical (unpaired) electrons. The van der Waals surface area contributed by atoms with Crippen molar-refractivity contribution in [2.75, 3.05) is 28.2 Å². The van der Waals surface area contributed by atoms with E-state index >= 15 is 0 Å². The third kappa shape index (κ3) is 6.37. The van der Waals surface area contributed by atoms with Crippen LogP contribution in [-0.2, 0) is 14.8 Å². The maximum absolute atomic E-state index is 12.4. The minimum Gasteiger partial charge on any atom is -0.299 e. The van der Waals surface area contributed by atoms with Crippen LogP contribution in [0.4, 0.5) is 16.5 Å². The van der Waals surface area contributed by atoms with Gasteiger partial charge >= 0.3 is 0 Å². The smallest absolute Gasteiger partial charge is 0.274 e. The van der Waals surface area contributed by atoms with Crippen molar-refractivity contribution in [2.45, 2.75) is 25.1 Å². The topological polar surface area (TPSA) is 135 Å². The van der Waals surface area contributed by atoms with Gasteiger partial charge in [0.05, 0.1) is 22.4 Å². The van der Waals surface area contributed by atoms with E-state index in [4.69, 9.17) is 0 Å². The average molecular weight is 460 g/mol. The molecule has 10 nitrogen and oxygen atoms in total. The monoisotopic (exact) mass is 459 g/mol. The molecule has 158 valence electrons. The Labute approximate surface area is 176 Å². The van der Waals surface area contributed by atoms with Crippen LogP contribution in [0.2, 0.25) is 0 Å². The number of nitrogens with zero attached hydrogens (tertiary/aromatic N) is 4. The lowest BCUT2D eigenvalue weighted by atomic mass is 10.1. The zero-order valence-corrected chi connectivity index (χ0v) is 18.7. The number of anilines is 2. The molecular weight excluding hydrogens is 438 g/mol. The number of nitrogens with one attached hydrogen (secondary N) is 1. The molecule has 1 aromatic carbocycles. The number of hydrogen-bond acceptors (Lipinski definition) is 9. The fourth-order valence-electron chi connectivity index (χ4n) is 2.31. The Bertz CT molecular complexity index is 1010. The number of carbonyl (C=O) groups is 1. The van der Waals surface area contributed by atoms with E-state index < -0.39 is 27.4 Å². The van der Waals surface area contributed by atoms with Gasteiger partial charge in [0.25, 0.3) is 5.69 Å². The van der Waals surface area contributed by atoms with Gasteiger partial charge in [0.15, 0.2) is 4.34 Å². The number of thioether (sulfide) groups is 1. The van der Waals surface area contributed by atoms with Crippen molar-refractivity contribution in [2.24, 2.45) is 5.92 Å². The summed E-state index contributed by atoms with van der Waals surface area (Å²) in [6.45, 7) is 5.04. The lowest BCUT2D eigenvalue weighted by Crippen LogP contribution is -2.38. The summed E-state index contributed by atoms with van der Waals surface area (Å²) in [5.41, 5.74) is -0.00574. The highest BCUT2D eigenvalue weighted by atomic mass is 32.2. The van der Waals surface area contributed by atoms with Crippen LogP contribution in [-0.4, -0.2) is 48.0 Å². The molecule has 1 amide bonds. The summed E-state index contributed by atoms with van der Waals surface area (Å²) >= 11 is 2.72. The molecule has 1 N–H and O–H groups in total. The molecular formula is C16H21N5O5S3. The minimum atomic E-state index is -3.87. The SMILES string of the molecule is Cc1c(N(CC(=O)Nc2nnc(SCC(C)C)s2)S(C)(=O)=O)cccc1[N+](=O)[O-]. The third-order valence-corrected chi connectivity index (χ3v) is 7.15. The largest absolute Gasteiger partial charge is 0.299 e. The number of aromatic nitrogens is 2. The number of nitro groups is 1. The Morgan fingerprint density at radius 1 is 1.38 bits per heavy atom. The van der Waals surface area contributed by atoms with Crippen LogP contribution < -0.4 is 9.62 Å². The van der Waals surface area contributed by atoms with E-state index in [1.807, 2.05) is 0 Å². The van der Waals surface area contributed by atoms with Gasteiger partial charge in [0, 0.05) is 11.8 Å². The predicted octanol–water partition coefficient (Wildman–Crippen LogP) is 2.91. The van der Waals surface area contributed by atoms with Crippen molar-refractivity contribution >= 4 is 55.5 Å². The molecule has 0 spiro atoms. The zero-order chi connectivity index (χ0) is 21.8. The van der Waals surface area contributed by atoms with Gasteiger partial charge in [-0.3, -0.25) is 24.5 Å². The Hall–Kier alpha value is -2.25. The number of nitro benzene ring substituents is 1. The first kappa shape index (κ1) is 23.0. The standard InChI is InChI=1S/C16H21N5O5S3/c1-10(2)9-27-16-19-18-15(28-16)17-14(22)8-20(29(4,25)26)12-6-5-7-13(11(12)3)21(23)24/h5-7,10H,8-9H2,1-4H3,(H,17,18,22). The van der Waals surface area contributed by atoms with Crippen molar-refractivity contribution in [3.63, 3.8) is 0 Å². The van der Waals surface area contributed by atoms with E-state index in [1.54, 1.807) is 0 Å². The number of hydrogen-bond donors (Lipinski definition) is 1. The molecule has 1 heterocycles. The second-order valence-electron chi connectivity index (χ2n) is 6.57. The van der Waals surface area contributed by atoms with Crippen molar-refractivity contribution in [1.82, 2.24) is 10.2 Å². The number of amides is 1. The van der Waals surface area contributed by atoms with Crippen LogP contribution in [0.1, 0.15) is 19.4 Å². The van der Waals surface area contributed by atoms with Crippen LogP contribution in [0.3, 0.4) is 0 Å². The van der Waals surface area contributed by atoms with Gasteiger partial charge in [0.2, 0.25) is 21.1 Å². The molecule has 2 aromatic rings. The average Bonchev–Trinajstić information content (AvgIpc) is 3.04. The van der Waals surface area contributed by atoms with Gasteiger partial charge in [-0.2, -0.15) is 0 Å². The third-order valence-electron chi connectivity index (χ3n) is 3.62. The maximum atomic E-state index is 12.4. The van der Waals surface area contributed by atoms with Gasteiger partial charge in [-0.25, -0.2) is 8.42 Å². The van der Waals surface area contributed by atoms with Crippen molar-refractivity contribution < 1.29 is 18.1 Å².